The maximum atomic E-state index is 5.67. The van der Waals surface area contributed by atoms with Crippen molar-refractivity contribution in [1.29, 1.82) is 0 Å². The van der Waals surface area contributed by atoms with Gasteiger partial charge in [0, 0.05) is 36.0 Å². The topological polar surface area (TPSA) is 76.6 Å². The zero-order valence-electron chi connectivity index (χ0n) is 17.4. The van der Waals surface area contributed by atoms with Gasteiger partial charge < -0.3 is 19.8 Å². The van der Waals surface area contributed by atoms with Gasteiger partial charge in [0.2, 0.25) is 0 Å². The molecule has 1 atom stereocenters. The summed E-state index contributed by atoms with van der Waals surface area (Å²) in [4.78, 5) is 9.44. The molecule has 4 aromatic rings. The maximum Gasteiger partial charge on any atom is 0.140 e. The number of aromatic nitrogens is 3. The molecule has 2 N–H and O–H groups in total. The first-order valence-corrected chi connectivity index (χ1v) is 10.2. The highest BCUT2D eigenvalue weighted by atomic mass is 16.5. The molecule has 5 heterocycles. The van der Waals surface area contributed by atoms with E-state index in [4.69, 9.17) is 14.1 Å². The highest BCUT2D eigenvalue weighted by Gasteiger charge is 2.19. The van der Waals surface area contributed by atoms with Gasteiger partial charge in [0.05, 0.1) is 31.0 Å². The molecule has 0 aliphatic carbocycles. The lowest BCUT2D eigenvalue weighted by atomic mass is 10.0. The van der Waals surface area contributed by atoms with Crippen molar-refractivity contribution in [2.24, 2.45) is 0 Å². The van der Waals surface area contributed by atoms with Gasteiger partial charge in [-0.05, 0) is 44.5 Å². The van der Waals surface area contributed by atoms with Gasteiger partial charge in [-0.15, -0.1) is 0 Å². The summed E-state index contributed by atoms with van der Waals surface area (Å²) in [5, 5.41) is 6.90. The Labute approximate surface area is 175 Å². The zero-order valence-corrected chi connectivity index (χ0v) is 17.4. The summed E-state index contributed by atoms with van der Waals surface area (Å²) in [6, 6.07) is 8.42. The predicted molar refractivity (Wildman–Crippen MR) is 117 cm³/mol. The van der Waals surface area contributed by atoms with Crippen molar-refractivity contribution in [3.63, 3.8) is 0 Å². The van der Waals surface area contributed by atoms with Crippen molar-refractivity contribution in [1.82, 2.24) is 19.7 Å². The minimum absolute atomic E-state index is 0.415. The average Bonchev–Trinajstić information content (AvgIpc) is 3.48. The molecule has 1 unspecified atom stereocenters. The fraction of sp³-hybridized carbons (Fsp3) is 0.304. The molecule has 1 aliphatic rings. The van der Waals surface area contributed by atoms with E-state index in [1.54, 1.807) is 13.4 Å². The molecule has 0 amide bonds. The van der Waals surface area contributed by atoms with Gasteiger partial charge in [-0.3, -0.25) is 4.40 Å². The molecule has 0 saturated carbocycles. The Hall–Kier alpha value is -3.32. The molecule has 30 heavy (non-hydrogen) atoms. The number of pyridine rings is 2. The number of rotatable bonds is 5. The van der Waals surface area contributed by atoms with Gasteiger partial charge in [-0.25, -0.2) is 9.97 Å². The SMILES string of the molecule is COc1cc2ncc(-c3cccc(NC4CCNC4)n3)n2cc1-c1c(C)coc1C. The van der Waals surface area contributed by atoms with Crippen LogP contribution >= 0.6 is 0 Å². The second-order valence-electron chi connectivity index (χ2n) is 7.72. The quantitative estimate of drug-likeness (QED) is 0.523. The van der Waals surface area contributed by atoms with Crippen molar-refractivity contribution < 1.29 is 9.15 Å². The lowest BCUT2D eigenvalue weighted by Gasteiger charge is -2.13. The second-order valence-corrected chi connectivity index (χ2v) is 7.72. The summed E-state index contributed by atoms with van der Waals surface area (Å²) in [5.41, 5.74) is 5.70. The number of fused-ring (bicyclic) bond motifs is 1. The highest BCUT2D eigenvalue weighted by molar-refractivity contribution is 5.77. The fourth-order valence-corrected chi connectivity index (χ4v) is 4.17. The van der Waals surface area contributed by atoms with E-state index in [9.17, 15) is 0 Å². The van der Waals surface area contributed by atoms with E-state index in [2.05, 4.69) is 26.2 Å². The van der Waals surface area contributed by atoms with Crippen LogP contribution in [-0.2, 0) is 0 Å². The second kappa shape index (κ2) is 7.50. The third kappa shape index (κ3) is 3.21. The first-order valence-electron chi connectivity index (χ1n) is 10.2. The van der Waals surface area contributed by atoms with Gasteiger partial charge in [0.15, 0.2) is 0 Å². The summed E-state index contributed by atoms with van der Waals surface area (Å²) in [6.07, 6.45) is 6.80. The summed E-state index contributed by atoms with van der Waals surface area (Å²) in [7, 11) is 1.68. The first-order chi connectivity index (χ1) is 14.6. The summed E-state index contributed by atoms with van der Waals surface area (Å²) in [6.45, 7) is 6.02. The normalized spacial score (nSPS) is 16.3. The highest BCUT2D eigenvalue weighted by Crippen LogP contribution is 2.37. The standard InChI is InChI=1S/C23H25N5O2/c1-14-13-30-15(2)23(14)17-12-28-19(11-25-22(28)9-20(17)29-3)18-5-4-6-21(27-18)26-16-7-8-24-10-16/h4-6,9,11-13,16,24H,7-8,10H2,1-3H3,(H,26,27). The molecule has 1 aliphatic heterocycles. The number of hydrogen-bond donors (Lipinski definition) is 2. The Balaban J connectivity index is 1.60. The van der Waals surface area contributed by atoms with Gasteiger partial charge >= 0.3 is 0 Å². The van der Waals surface area contributed by atoms with E-state index >= 15 is 0 Å². The largest absolute Gasteiger partial charge is 0.496 e. The van der Waals surface area contributed by atoms with E-state index in [1.807, 2.05) is 44.3 Å². The number of nitrogens with zero attached hydrogens (tertiary/aromatic N) is 3. The number of hydrogen-bond acceptors (Lipinski definition) is 6. The Morgan fingerprint density at radius 2 is 2.20 bits per heavy atom. The molecule has 154 valence electrons. The lowest BCUT2D eigenvalue weighted by Crippen LogP contribution is -2.22. The molecular weight excluding hydrogens is 378 g/mol. The third-order valence-electron chi connectivity index (χ3n) is 5.68. The van der Waals surface area contributed by atoms with Crippen LogP contribution < -0.4 is 15.4 Å². The van der Waals surface area contributed by atoms with Crippen molar-refractivity contribution >= 4 is 11.5 Å². The molecule has 0 radical (unpaired) electrons. The van der Waals surface area contributed by atoms with E-state index in [-0.39, 0.29) is 0 Å². The minimum atomic E-state index is 0.415. The Morgan fingerprint density at radius 1 is 1.30 bits per heavy atom. The maximum absolute atomic E-state index is 5.67. The van der Waals surface area contributed by atoms with E-state index in [0.717, 1.165) is 70.6 Å². The van der Waals surface area contributed by atoms with Gasteiger partial charge in [-0.2, -0.15) is 0 Å². The van der Waals surface area contributed by atoms with E-state index in [1.165, 1.54) is 0 Å². The Morgan fingerprint density at radius 3 is 2.93 bits per heavy atom. The van der Waals surface area contributed by atoms with Crippen LogP contribution in [0.2, 0.25) is 0 Å². The van der Waals surface area contributed by atoms with Crippen molar-refractivity contribution in [3.8, 4) is 28.3 Å². The fourth-order valence-electron chi connectivity index (χ4n) is 4.17. The molecule has 7 heteroatoms. The van der Waals surface area contributed by atoms with Crippen molar-refractivity contribution in [2.45, 2.75) is 26.3 Å². The lowest BCUT2D eigenvalue weighted by molar-refractivity contribution is 0.416. The number of aryl methyl sites for hydroxylation is 2. The summed E-state index contributed by atoms with van der Waals surface area (Å²) < 4.78 is 13.4. The number of furan rings is 1. The molecule has 5 rings (SSSR count). The molecule has 1 saturated heterocycles. The zero-order chi connectivity index (χ0) is 20.7. The number of methoxy groups -OCH3 is 1. The number of ether oxygens (including phenoxy) is 1. The molecule has 1 fully saturated rings. The van der Waals surface area contributed by atoms with Gasteiger partial charge in [0.25, 0.3) is 0 Å². The molecular formula is C23H25N5O2. The summed E-state index contributed by atoms with van der Waals surface area (Å²) >= 11 is 0. The smallest absolute Gasteiger partial charge is 0.140 e. The first kappa shape index (κ1) is 18.7. The third-order valence-corrected chi connectivity index (χ3v) is 5.68. The van der Waals surface area contributed by atoms with Crippen LogP contribution in [0.5, 0.6) is 5.75 Å². The van der Waals surface area contributed by atoms with Crippen LogP contribution in [0, 0.1) is 13.8 Å². The van der Waals surface area contributed by atoms with E-state index in [0.29, 0.717) is 6.04 Å². The molecule has 0 spiro atoms. The van der Waals surface area contributed by atoms with Gasteiger partial charge in [0.1, 0.15) is 23.0 Å². The number of imidazole rings is 1. The van der Waals surface area contributed by atoms with Crippen LogP contribution in [0.3, 0.4) is 0 Å². The molecule has 7 nitrogen and oxygen atoms in total. The van der Waals surface area contributed by atoms with Crippen LogP contribution in [0.15, 0.2) is 47.3 Å². The minimum Gasteiger partial charge on any atom is -0.496 e. The van der Waals surface area contributed by atoms with E-state index < -0.39 is 0 Å². The van der Waals surface area contributed by atoms with Crippen molar-refractivity contribution in [2.75, 3.05) is 25.5 Å². The average molecular weight is 403 g/mol. The Kier molecular flexibility index (Phi) is 4.67. The molecule has 0 bridgehead atoms. The van der Waals surface area contributed by atoms with Crippen LogP contribution in [0.1, 0.15) is 17.7 Å². The predicted octanol–water partition coefficient (Wildman–Crippen LogP) is 4.06. The van der Waals surface area contributed by atoms with Crippen LogP contribution in [0.25, 0.3) is 28.2 Å². The van der Waals surface area contributed by atoms with Crippen LogP contribution in [-0.4, -0.2) is 40.6 Å². The molecule has 4 aromatic heterocycles. The van der Waals surface area contributed by atoms with Crippen LogP contribution in [0.4, 0.5) is 5.82 Å². The summed E-state index contributed by atoms with van der Waals surface area (Å²) in [5.74, 6) is 2.51. The number of anilines is 1. The van der Waals surface area contributed by atoms with Crippen molar-refractivity contribution in [3.05, 3.63) is 54.2 Å². The molecule has 0 aromatic carbocycles. The monoisotopic (exact) mass is 403 g/mol. The Bertz CT molecular complexity index is 1180. The number of nitrogens with one attached hydrogen (secondary N) is 2. The van der Waals surface area contributed by atoms with Gasteiger partial charge in [-0.1, -0.05) is 6.07 Å².